The molecule has 0 saturated carbocycles. The van der Waals surface area contributed by atoms with Crippen LogP contribution in [0.15, 0.2) is 24.5 Å². The first-order chi connectivity index (χ1) is 9.30. The zero-order valence-corrected chi connectivity index (χ0v) is 12.0. The normalized spacial score (nSPS) is 10.7. The molecule has 1 N–H and O–H groups in total. The molecule has 0 atom stereocenters. The van der Waals surface area contributed by atoms with E-state index in [0.29, 0.717) is 6.61 Å². The maximum absolute atomic E-state index is 5.76. The van der Waals surface area contributed by atoms with Crippen molar-refractivity contribution in [1.82, 2.24) is 9.97 Å². The van der Waals surface area contributed by atoms with Gasteiger partial charge in [-0.25, -0.2) is 4.98 Å². The lowest BCUT2D eigenvalue weighted by molar-refractivity contribution is 0.336. The maximum Gasteiger partial charge on any atom is 0.122 e. The van der Waals surface area contributed by atoms with Gasteiger partial charge >= 0.3 is 0 Å². The number of aromatic amines is 1. The summed E-state index contributed by atoms with van der Waals surface area (Å²) in [5.41, 5.74) is 4.07. The molecule has 3 nitrogen and oxygen atoms in total. The first-order valence-corrected chi connectivity index (χ1v) is 7.04. The molecule has 2 rings (SSSR count). The van der Waals surface area contributed by atoms with Crippen LogP contribution in [0.3, 0.4) is 0 Å². The maximum atomic E-state index is 5.76. The van der Waals surface area contributed by atoms with Gasteiger partial charge in [-0.1, -0.05) is 19.9 Å². The van der Waals surface area contributed by atoms with Crippen LogP contribution in [0.25, 0.3) is 0 Å². The van der Waals surface area contributed by atoms with Crippen molar-refractivity contribution in [2.24, 2.45) is 0 Å². The number of hydrogen-bond acceptors (Lipinski definition) is 2. The van der Waals surface area contributed by atoms with Crippen molar-refractivity contribution in [2.75, 3.05) is 6.61 Å². The second-order valence-corrected chi connectivity index (χ2v) is 4.53. The zero-order valence-electron chi connectivity index (χ0n) is 12.0. The Morgan fingerprint density at radius 2 is 1.95 bits per heavy atom. The van der Waals surface area contributed by atoms with E-state index in [4.69, 9.17) is 4.74 Å². The minimum absolute atomic E-state index is 0.707. The quantitative estimate of drug-likeness (QED) is 0.860. The minimum Gasteiger partial charge on any atom is -0.494 e. The van der Waals surface area contributed by atoms with E-state index in [1.165, 1.54) is 16.7 Å². The van der Waals surface area contributed by atoms with E-state index in [-0.39, 0.29) is 0 Å². The van der Waals surface area contributed by atoms with Crippen LogP contribution >= 0.6 is 0 Å². The lowest BCUT2D eigenvalue weighted by Crippen LogP contribution is -2.05. The van der Waals surface area contributed by atoms with Crippen molar-refractivity contribution >= 4 is 0 Å². The van der Waals surface area contributed by atoms with Crippen LogP contribution in [-0.4, -0.2) is 16.6 Å². The Labute approximate surface area is 115 Å². The monoisotopic (exact) mass is 258 g/mol. The molecule has 0 aliphatic heterocycles. The number of H-pyrrole nitrogens is 1. The molecule has 0 spiro atoms. The van der Waals surface area contributed by atoms with Crippen LogP contribution in [0.4, 0.5) is 0 Å². The minimum atomic E-state index is 0.707. The first kappa shape index (κ1) is 13.7. The van der Waals surface area contributed by atoms with Crippen LogP contribution in [0, 0.1) is 0 Å². The first-order valence-electron chi connectivity index (χ1n) is 7.04. The van der Waals surface area contributed by atoms with E-state index in [1.807, 2.05) is 13.1 Å². The number of rotatable bonds is 6. The van der Waals surface area contributed by atoms with Gasteiger partial charge in [0.1, 0.15) is 11.6 Å². The lowest BCUT2D eigenvalue weighted by atomic mass is 9.94. The molecule has 2 aromatic rings. The van der Waals surface area contributed by atoms with Gasteiger partial charge in [0.25, 0.3) is 0 Å². The third-order valence-electron chi connectivity index (χ3n) is 3.42. The van der Waals surface area contributed by atoms with Crippen LogP contribution in [0.1, 0.15) is 43.3 Å². The van der Waals surface area contributed by atoms with E-state index >= 15 is 0 Å². The molecule has 0 saturated heterocycles. The number of aryl methyl sites for hydroxylation is 1. The fraction of sp³-hybridized carbons (Fsp3) is 0.438. The van der Waals surface area contributed by atoms with Crippen LogP contribution in [0.2, 0.25) is 0 Å². The van der Waals surface area contributed by atoms with Gasteiger partial charge in [-0.05, 0) is 42.5 Å². The Morgan fingerprint density at radius 1 is 1.11 bits per heavy atom. The van der Waals surface area contributed by atoms with Crippen molar-refractivity contribution < 1.29 is 4.74 Å². The van der Waals surface area contributed by atoms with E-state index in [1.54, 1.807) is 6.20 Å². The highest BCUT2D eigenvalue weighted by Crippen LogP contribution is 2.28. The Morgan fingerprint density at radius 3 is 2.53 bits per heavy atom. The predicted molar refractivity (Wildman–Crippen MR) is 77.8 cm³/mol. The van der Waals surface area contributed by atoms with Crippen molar-refractivity contribution in [3.05, 3.63) is 47.0 Å². The smallest absolute Gasteiger partial charge is 0.122 e. The molecule has 1 aromatic carbocycles. The summed E-state index contributed by atoms with van der Waals surface area (Å²) in [5.74, 6) is 2.03. The molecule has 0 bridgehead atoms. The van der Waals surface area contributed by atoms with Crippen molar-refractivity contribution in [1.29, 1.82) is 0 Å². The SMILES string of the molecule is CCOc1ccc(CC)c(Cc2ncc[nH]2)c1CC. The highest BCUT2D eigenvalue weighted by atomic mass is 16.5. The Bertz CT molecular complexity index is 518. The van der Waals surface area contributed by atoms with Crippen molar-refractivity contribution in [3.63, 3.8) is 0 Å². The second-order valence-electron chi connectivity index (χ2n) is 4.53. The Kier molecular flexibility index (Phi) is 4.61. The number of nitrogens with one attached hydrogen (secondary N) is 1. The van der Waals surface area contributed by atoms with Crippen molar-refractivity contribution in [2.45, 2.75) is 40.0 Å². The molecular weight excluding hydrogens is 236 g/mol. The topological polar surface area (TPSA) is 37.9 Å². The molecule has 0 unspecified atom stereocenters. The van der Waals surface area contributed by atoms with Crippen LogP contribution < -0.4 is 4.74 Å². The number of ether oxygens (including phenoxy) is 1. The van der Waals surface area contributed by atoms with Gasteiger partial charge in [0.05, 0.1) is 6.61 Å². The Hall–Kier alpha value is -1.77. The van der Waals surface area contributed by atoms with Gasteiger partial charge in [-0.2, -0.15) is 0 Å². The predicted octanol–water partition coefficient (Wildman–Crippen LogP) is 3.52. The number of hydrogen-bond donors (Lipinski definition) is 1. The van der Waals surface area contributed by atoms with E-state index in [2.05, 4.69) is 35.9 Å². The Balaban J connectivity index is 2.44. The zero-order chi connectivity index (χ0) is 13.7. The molecule has 1 heterocycles. The number of nitrogens with zero attached hydrogens (tertiary/aromatic N) is 1. The molecule has 0 radical (unpaired) electrons. The molecule has 0 aliphatic carbocycles. The number of aromatic nitrogens is 2. The summed E-state index contributed by atoms with van der Waals surface area (Å²) < 4.78 is 5.76. The summed E-state index contributed by atoms with van der Waals surface area (Å²) in [4.78, 5) is 7.53. The molecule has 0 aliphatic rings. The summed E-state index contributed by atoms with van der Waals surface area (Å²) in [5, 5.41) is 0. The summed E-state index contributed by atoms with van der Waals surface area (Å²) in [6, 6.07) is 4.29. The fourth-order valence-corrected chi connectivity index (χ4v) is 2.51. The summed E-state index contributed by atoms with van der Waals surface area (Å²) in [6.07, 6.45) is 6.55. The average Bonchev–Trinajstić information content (AvgIpc) is 2.92. The van der Waals surface area contributed by atoms with Crippen LogP contribution in [-0.2, 0) is 19.3 Å². The van der Waals surface area contributed by atoms with E-state index in [0.717, 1.165) is 30.8 Å². The molecule has 102 valence electrons. The standard InChI is InChI=1S/C16H22N2O/c1-4-12-7-8-15(19-6-3)13(5-2)14(12)11-16-17-9-10-18-16/h7-10H,4-6,11H2,1-3H3,(H,17,18). The summed E-state index contributed by atoms with van der Waals surface area (Å²) in [7, 11) is 0. The fourth-order valence-electron chi connectivity index (χ4n) is 2.51. The summed E-state index contributed by atoms with van der Waals surface area (Å²) >= 11 is 0. The van der Waals surface area contributed by atoms with Crippen molar-refractivity contribution in [3.8, 4) is 5.75 Å². The molecule has 0 fully saturated rings. The third-order valence-corrected chi connectivity index (χ3v) is 3.42. The number of benzene rings is 1. The molecular formula is C16H22N2O. The van der Waals surface area contributed by atoms with Crippen LogP contribution in [0.5, 0.6) is 5.75 Å². The van der Waals surface area contributed by atoms with Gasteiger partial charge in [-0.3, -0.25) is 0 Å². The average molecular weight is 258 g/mol. The van der Waals surface area contributed by atoms with Gasteiger partial charge < -0.3 is 9.72 Å². The lowest BCUT2D eigenvalue weighted by Gasteiger charge is -2.17. The molecule has 19 heavy (non-hydrogen) atoms. The van der Waals surface area contributed by atoms with E-state index in [9.17, 15) is 0 Å². The molecule has 3 heteroatoms. The third kappa shape index (κ3) is 2.98. The van der Waals surface area contributed by atoms with Gasteiger partial charge in [0.2, 0.25) is 0 Å². The highest BCUT2D eigenvalue weighted by Gasteiger charge is 2.13. The summed E-state index contributed by atoms with van der Waals surface area (Å²) in [6.45, 7) is 7.11. The second kappa shape index (κ2) is 6.41. The number of imidazole rings is 1. The highest BCUT2D eigenvalue weighted by molar-refractivity contribution is 5.46. The molecule has 0 amide bonds. The van der Waals surface area contributed by atoms with Gasteiger partial charge in [0, 0.05) is 18.8 Å². The van der Waals surface area contributed by atoms with Gasteiger partial charge in [-0.15, -0.1) is 0 Å². The largest absolute Gasteiger partial charge is 0.494 e. The van der Waals surface area contributed by atoms with E-state index < -0.39 is 0 Å². The van der Waals surface area contributed by atoms with Gasteiger partial charge in [0.15, 0.2) is 0 Å². The molecule has 1 aromatic heterocycles.